The fourth-order valence-corrected chi connectivity index (χ4v) is 2.05. The molecule has 24 heavy (non-hydrogen) atoms. The van der Waals surface area contributed by atoms with E-state index in [-0.39, 0.29) is 18.7 Å². The van der Waals surface area contributed by atoms with Gasteiger partial charge in [-0.25, -0.2) is 4.79 Å². The summed E-state index contributed by atoms with van der Waals surface area (Å²) in [4.78, 5) is 46.0. The van der Waals surface area contributed by atoms with E-state index in [1.54, 1.807) is 0 Å². The van der Waals surface area contributed by atoms with E-state index in [9.17, 15) is 19.2 Å². The standard InChI is InChI=1S/C16H28N2O6/c1-4-5-6-7-8-13(19)17-11(2)15(22)18-12(16(23)24-3)9-10-14(20)21/h11-12H,4-10H2,1-3H3,(H,17,19)(H,18,22)(H,20,21)/t11-,12+/m0/s1. The molecule has 0 saturated carbocycles. The molecule has 0 radical (unpaired) electrons. The normalized spacial score (nSPS) is 12.8. The lowest BCUT2D eigenvalue weighted by Gasteiger charge is -2.19. The zero-order valence-electron chi connectivity index (χ0n) is 14.6. The number of rotatable bonds is 12. The number of carbonyl (C=O) groups is 4. The molecular weight excluding hydrogens is 316 g/mol. The quantitative estimate of drug-likeness (QED) is 0.358. The molecule has 0 rings (SSSR count). The number of carbonyl (C=O) groups excluding carboxylic acids is 3. The van der Waals surface area contributed by atoms with Crippen LogP contribution in [0.15, 0.2) is 0 Å². The molecule has 0 bridgehead atoms. The van der Waals surface area contributed by atoms with E-state index in [4.69, 9.17) is 5.11 Å². The minimum absolute atomic E-state index is 0.0779. The van der Waals surface area contributed by atoms with Gasteiger partial charge in [0, 0.05) is 12.8 Å². The Morgan fingerprint density at radius 3 is 2.25 bits per heavy atom. The molecule has 0 saturated heterocycles. The molecule has 2 amide bonds. The van der Waals surface area contributed by atoms with Crippen LogP contribution in [0.25, 0.3) is 0 Å². The third-order valence-corrected chi connectivity index (χ3v) is 3.48. The number of unbranched alkanes of at least 4 members (excludes halogenated alkanes) is 3. The summed E-state index contributed by atoms with van der Waals surface area (Å²) < 4.78 is 4.55. The molecule has 0 fully saturated rings. The van der Waals surface area contributed by atoms with Crippen LogP contribution < -0.4 is 10.6 Å². The fourth-order valence-electron chi connectivity index (χ4n) is 2.05. The van der Waals surface area contributed by atoms with E-state index in [1.165, 1.54) is 6.92 Å². The first-order valence-electron chi connectivity index (χ1n) is 8.21. The Balaban J connectivity index is 4.38. The highest BCUT2D eigenvalue weighted by atomic mass is 16.5. The van der Waals surface area contributed by atoms with Crippen molar-refractivity contribution in [3.63, 3.8) is 0 Å². The molecule has 0 aliphatic rings. The molecule has 0 aromatic carbocycles. The maximum absolute atomic E-state index is 12.0. The molecule has 0 unspecified atom stereocenters. The van der Waals surface area contributed by atoms with Gasteiger partial charge in [0.05, 0.1) is 7.11 Å². The highest BCUT2D eigenvalue weighted by molar-refractivity contribution is 5.90. The zero-order valence-corrected chi connectivity index (χ0v) is 14.6. The van der Waals surface area contributed by atoms with E-state index in [2.05, 4.69) is 22.3 Å². The van der Waals surface area contributed by atoms with E-state index in [0.29, 0.717) is 6.42 Å². The largest absolute Gasteiger partial charge is 0.481 e. The number of hydrogen-bond acceptors (Lipinski definition) is 5. The Bertz CT molecular complexity index is 438. The smallest absolute Gasteiger partial charge is 0.328 e. The van der Waals surface area contributed by atoms with Crippen molar-refractivity contribution in [3.8, 4) is 0 Å². The molecule has 138 valence electrons. The number of ether oxygens (including phenoxy) is 1. The summed E-state index contributed by atoms with van der Waals surface area (Å²) in [6, 6.07) is -1.87. The van der Waals surface area contributed by atoms with Gasteiger partial charge in [0.15, 0.2) is 0 Å². The topological polar surface area (TPSA) is 122 Å². The molecule has 2 atom stereocenters. The lowest BCUT2D eigenvalue weighted by Crippen LogP contribution is -2.50. The number of amides is 2. The van der Waals surface area contributed by atoms with E-state index in [1.807, 2.05) is 0 Å². The van der Waals surface area contributed by atoms with Crippen LogP contribution in [0.4, 0.5) is 0 Å². The predicted octanol–water partition coefficient (Wildman–Crippen LogP) is 0.984. The first kappa shape index (κ1) is 21.9. The highest BCUT2D eigenvalue weighted by Crippen LogP contribution is 2.03. The Hall–Kier alpha value is -2.12. The maximum atomic E-state index is 12.0. The van der Waals surface area contributed by atoms with Gasteiger partial charge in [0.2, 0.25) is 11.8 Å². The lowest BCUT2D eigenvalue weighted by molar-refractivity contribution is -0.146. The highest BCUT2D eigenvalue weighted by Gasteiger charge is 2.25. The second-order valence-electron chi connectivity index (χ2n) is 5.62. The third-order valence-electron chi connectivity index (χ3n) is 3.48. The van der Waals surface area contributed by atoms with Gasteiger partial charge in [0.25, 0.3) is 0 Å². The molecule has 0 aliphatic carbocycles. The summed E-state index contributed by atoms with van der Waals surface area (Å²) >= 11 is 0. The third kappa shape index (κ3) is 9.81. The second-order valence-corrected chi connectivity index (χ2v) is 5.62. The van der Waals surface area contributed by atoms with Crippen molar-refractivity contribution in [1.82, 2.24) is 10.6 Å². The molecule has 0 aromatic rings. The van der Waals surface area contributed by atoms with Gasteiger partial charge in [-0.3, -0.25) is 14.4 Å². The second kappa shape index (κ2) is 12.3. The van der Waals surface area contributed by atoms with Gasteiger partial charge in [-0.2, -0.15) is 0 Å². The molecule has 0 aliphatic heterocycles. The monoisotopic (exact) mass is 344 g/mol. The molecule has 8 heteroatoms. The summed E-state index contributed by atoms with van der Waals surface area (Å²) in [5.74, 6) is -2.58. The zero-order chi connectivity index (χ0) is 18.5. The van der Waals surface area contributed by atoms with Crippen molar-refractivity contribution in [2.75, 3.05) is 7.11 Å². The summed E-state index contributed by atoms with van der Waals surface area (Å²) in [7, 11) is 1.16. The Kier molecular flexibility index (Phi) is 11.2. The summed E-state index contributed by atoms with van der Waals surface area (Å²) in [5.41, 5.74) is 0. The number of carboxylic acid groups (broad SMARTS) is 1. The van der Waals surface area contributed by atoms with Crippen LogP contribution >= 0.6 is 0 Å². The molecule has 0 aromatic heterocycles. The van der Waals surface area contributed by atoms with Gasteiger partial charge in [0.1, 0.15) is 12.1 Å². The number of methoxy groups -OCH3 is 1. The minimum atomic E-state index is -1.08. The molecule has 0 heterocycles. The number of esters is 1. The van der Waals surface area contributed by atoms with Crippen LogP contribution in [-0.2, 0) is 23.9 Å². The minimum Gasteiger partial charge on any atom is -0.481 e. The average molecular weight is 344 g/mol. The van der Waals surface area contributed by atoms with Crippen molar-refractivity contribution < 1.29 is 29.0 Å². The number of aliphatic carboxylic acids is 1. The number of nitrogens with one attached hydrogen (secondary N) is 2. The van der Waals surface area contributed by atoms with E-state index < -0.39 is 29.9 Å². The van der Waals surface area contributed by atoms with Crippen molar-refractivity contribution in [2.45, 2.75) is 70.9 Å². The Morgan fingerprint density at radius 2 is 1.71 bits per heavy atom. The van der Waals surface area contributed by atoms with Gasteiger partial charge in [-0.15, -0.1) is 0 Å². The molecule has 3 N–H and O–H groups in total. The lowest BCUT2D eigenvalue weighted by atomic mass is 10.1. The van der Waals surface area contributed by atoms with Crippen molar-refractivity contribution in [1.29, 1.82) is 0 Å². The van der Waals surface area contributed by atoms with Crippen LogP contribution in [0.1, 0.15) is 58.8 Å². The van der Waals surface area contributed by atoms with Crippen LogP contribution in [0.5, 0.6) is 0 Å². The molecule has 0 spiro atoms. The molecular formula is C16H28N2O6. The van der Waals surface area contributed by atoms with Gasteiger partial charge in [-0.1, -0.05) is 26.2 Å². The van der Waals surface area contributed by atoms with Crippen molar-refractivity contribution in [2.24, 2.45) is 0 Å². The van der Waals surface area contributed by atoms with Gasteiger partial charge in [-0.05, 0) is 19.8 Å². The van der Waals surface area contributed by atoms with Crippen LogP contribution in [0.2, 0.25) is 0 Å². The van der Waals surface area contributed by atoms with E-state index >= 15 is 0 Å². The number of hydrogen-bond donors (Lipinski definition) is 3. The summed E-state index contributed by atoms with van der Waals surface area (Å²) in [6.07, 6.45) is 3.85. The van der Waals surface area contributed by atoms with Crippen LogP contribution in [-0.4, -0.2) is 48.1 Å². The summed E-state index contributed by atoms with van der Waals surface area (Å²) in [5, 5.41) is 13.7. The van der Waals surface area contributed by atoms with Crippen molar-refractivity contribution >= 4 is 23.8 Å². The van der Waals surface area contributed by atoms with Crippen molar-refractivity contribution in [3.05, 3.63) is 0 Å². The summed E-state index contributed by atoms with van der Waals surface area (Å²) in [6.45, 7) is 3.58. The molecule has 8 nitrogen and oxygen atoms in total. The SMILES string of the molecule is CCCCCCC(=O)N[C@@H](C)C(=O)N[C@H](CCC(=O)O)C(=O)OC. The Morgan fingerprint density at radius 1 is 1.04 bits per heavy atom. The van der Waals surface area contributed by atoms with E-state index in [0.717, 1.165) is 32.8 Å². The van der Waals surface area contributed by atoms with Gasteiger partial charge < -0.3 is 20.5 Å². The predicted molar refractivity (Wildman–Crippen MR) is 87.2 cm³/mol. The first-order valence-corrected chi connectivity index (χ1v) is 8.21. The number of carboxylic acids is 1. The van der Waals surface area contributed by atoms with Gasteiger partial charge >= 0.3 is 11.9 Å². The van der Waals surface area contributed by atoms with Crippen LogP contribution in [0.3, 0.4) is 0 Å². The Labute approximate surface area is 142 Å². The first-order chi connectivity index (χ1) is 11.3. The van der Waals surface area contributed by atoms with Crippen LogP contribution in [0, 0.1) is 0 Å². The fraction of sp³-hybridized carbons (Fsp3) is 0.750. The maximum Gasteiger partial charge on any atom is 0.328 e. The average Bonchev–Trinajstić information content (AvgIpc) is 2.54.